The minimum Gasteiger partial charge on any atom is -0.451 e. The van der Waals surface area contributed by atoms with Crippen LogP contribution in [-0.2, 0) is 0 Å². The molecule has 4 heteroatoms. The molecule has 24 heavy (non-hydrogen) atoms. The van der Waals surface area contributed by atoms with E-state index >= 15 is 0 Å². The van der Waals surface area contributed by atoms with E-state index in [-0.39, 0.29) is 17.9 Å². The minimum atomic E-state index is -0.381. The first-order valence-corrected chi connectivity index (χ1v) is 8.63. The zero-order valence-electron chi connectivity index (χ0n) is 14.5. The van der Waals surface area contributed by atoms with E-state index in [0.717, 1.165) is 12.0 Å². The van der Waals surface area contributed by atoms with Crippen molar-refractivity contribution in [3.63, 3.8) is 0 Å². The number of amides is 1. The number of carbonyl (C=O) groups is 1. The number of aliphatic hydroxyl groups is 1. The second-order valence-electron chi connectivity index (χ2n) is 6.98. The highest BCUT2D eigenvalue weighted by Gasteiger charge is 2.30. The Hall–Kier alpha value is -2.07. The maximum atomic E-state index is 12.6. The Balaban J connectivity index is 1.76. The van der Waals surface area contributed by atoms with Crippen LogP contribution in [0.5, 0.6) is 0 Å². The third-order valence-corrected chi connectivity index (χ3v) is 4.85. The lowest BCUT2D eigenvalue weighted by Crippen LogP contribution is -2.30. The number of hydrogen-bond donors (Lipinski definition) is 1. The zero-order chi connectivity index (χ0) is 17.3. The van der Waals surface area contributed by atoms with Gasteiger partial charge in [-0.2, -0.15) is 0 Å². The Labute approximate surface area is 143 Å². The molecule has 1 aliphatic rings. The predicted molar refractivity (Wildman–Crippen MR) is 93.9 cm³/mol. The molecule has 2 aromatic rings. The van der Waals surface area contributed by atoms with Gasteiger partial charge in [0.25, 0.3) is 5.91 Å². The summed E-state index contributed by atoms with van der Waals surface area (Å²) in [5.74, 6) is 1.59. The molecule has 0 aliphatic carbocycles. The van der Waals surface area contributed by atoms with Gasteiger partial charge in [-0.3, -0.25) is 4.79 Å². The fourth-order valence-electron chi connectivity index (χ4n) is 3.18. The average molecular weight is 327 g/mol. The molecule has 2 atom stereocenters. The molecule has 1 N–H and O–H groups in total. The first-order valence-electron chi connectivity index (χ1n) is 8.63. The molecule has 0 bridgehead atoms. The predicted octanol–water partition coefficient (Wildman–Crippen LogP) is 3.91. The van der Waals surface area contributed by atoms with E-state index in [9.17, 15) is 9.90 Å². The molecule has 2 unspecified atom stereocenters. The lowest BCUT2D eigenvalue weighted by Gasteiger charge is -2.16. The van der Waals surface area contributed by atoms with Crippen LogP contribution in [0.3, 0.4) is 0 Å². The summed E-state index contributed by atoms with van der Waals surface area (Å²) in [5.41, 5.74) is 2.24. The highest BCUT2D eigenvalue weighted by atomic mass is 16.4. The average Bonchev–Trinajstić information content (AvgIpc) is 3.24. The highest BCUT2D eigenvalue weighted by Crippen LogP contribution is 2.27. The Morgan fingerprint density at radius 3 is 2.71 bits per heavy atom. The lowest BCUT2D eigenvalue weighted by atomic mass is 10.0. The summed E-state index contributed by atoms with van der Waals surface area (Å²) in [5, 5.41) is 9.68. The van der Waals surface area contributed by atoms with Crippen LogP contribution < -0.4 is 0 Å². The fraction of sp³-hybridized carbons (Fsp3) is 0.450. The SMILES string of the molecule is CC(C)c1cccc(-c2ccc(C(=O)N3CCC(C(C)O)C3)o2)c1. The zero-order valence-corrected chi connectivity index (χ0v) is 14.5. The lowest BCUT2D eigenvalue weighted by molar-refractivity contribution is 0.0732. The van der Waals surface area contributed by atoms with E-state index in [1.165, 1.54) is 5.56 Å². The number of nitrogens with zero attached hydrogens (tertiary/aromatic N) is 1. The van der Waals surface area contributed by atoms with Gasteiger partial charge in [-0.1, -0.05) is 32.0 Å². The first-order chi connectivity index (χ1) is 11.5. The van der Waals surface area contributed by atoms with Crippen molar-refractivity contribution in [3.05, 3.63) is 47.7 Å². The normalized spacial score (nSPS) is 19.0. The third kappa shape index (κ3) is 3.39. The molecule has 1 saturated heterocycles. The molecular weight excluding hydrogens is 302 g/mol. The van der Waals surface area contributed by atoms with Crippen molar-refractivity contribution < 1.29 is 14.3 Å². The second kappa shape index (κ2) is 6.81. The van der Waals surface area contributed by atoms with E-state index in [4.69, 9.17) is 4.42 Å². The molecule has 0 spiro atoms. The van der Waals surface area contributed by atoms with Crippen molar-refractivity contribution in [2.45, 2.75) is 39.2 Å². The molecule has 3 rings (SSSR count). The summed E-state index contributed by atoms with van der Waals surface area (Å²) < 4.78 is 5.82. The molecule has 1 aliphatic heterocycles. The van der Waals surface area contributed by atoms with Gasteiger partial charge in [0.1, 0.15) is 5.76 Å². The smallest absolute Gasteiger partial charge is 0.289 e. The quantitative estimate of drug-likeness (QED) is 0.926. The van der Waals surface area contributed by atoms with Crippen LogP contribution in [0.1, 0.15) is 49.2 Å². The van der Waals surface area contributed by atoms with Gasteiger partial charge in [0.05, 0.1) is 6.10 Å². The Morgan fingerprint density at radius 1 is 1.25 bits per heavy atom. The van der Waals surface area contributed by atoms with Crippen molar-refractivity contribution >= 4 is 5.91 Å². The van der Waals surface area contributed by atoms with Crippen LogP contribution in [0.2, 0.25) is 0 Å². The maximum absolute atomic E-state index is 12.6. The number of likely N-dealkylation sites (tertiary alicyclic amines) is 1. The Morgan fingerprint density at radius 2 is 2.04 bits per heavy atom. The first kappa shape index (κ1) is 16.8. The van der Waals surface area contributed by atoms with Crippen molar-refractivity contribution in [1.29, 1.82) is 0 Å². The van der Waals surface area contributed by atoms with Crippen LogP contribution in [0, 0.1) is 5.92 Å². The summed E-state index contributed by atoms with van der Waals surface area (Å²) in [6.07, 6.45) is 0.460. The van der Waals surface area contributed by atoms with E-state index in [2.05, 4.69) is 26.0 Å². The molecule has 1 aromatic heterocycles. The summed E-state index contributed by atoms with van der Waals surface area (Å²) in [7, 11) is 0. The highest BCUT2D eigenvalue weighted by molar-refractivity contribution is 5.92. The molecule has 1 fully saturated rings. The fourth-order valence-corrected chi connectivity index (χ4v) is 3.18. The maximum Gasteiger partial charge on any atom is 0.289 e. The summed E-state index contributed by atoms with van der Waals surface area (Å²) >= 11 is 0. The van der Waals surface area contributed by atoms with Gasteiger partial charge in [0.2, 0.25) is 0 Å². The van der Waals surface area contributed by atoms with Gasteiger partial charge < -0.3 is 14.4 Å². The third-order valence-electron chi connectivity index (χ3n) is 4.85. The van der Waals surface area contributed by atoms with Crippen LogP contribution in [0.25, 0.3) is 11.3 Å². The monoisotopic (exact) mass is 327 g/mol. The molecule has 4 nitrogen and oxygen atoms in total. The van der Waals surface area contributed by atoms with Gasteiger partial charge >= 0.3 is 0 Å². The Kier molecular flexibility index (Phi) is 4.76. The number of furan rings is 1. The van der Waals surface area contributed by atoms with Gasteiger partial charge in [0, 0.05) is 24.6 Å². The number of benzene rings is 1. The van der Waals surface area contributed by atoms with E-state index in [0.29, 0.717) is 30.5 Å². The number of carbonyl (C=O) groups excluding carboxylic acids is 1. The minimum absolute atomic E-state index is 0.0931. The molecule has 1 amide bonds. The molecular formula is C20H25NO3. The van der Waals surface area contributed by atoms with E-state index in [1.54, 1.807) is 17.9 Å². The van der Waals surface area contributed by atoms with Crippen molar-refractivity contribution in [2.75, 3.05) is 13.1 Å². The van der Waals surface area contributed by atoms with Gasteiger partial charge in [-0.25, -0.2) is 0 Å². The van der Waals surface area contributed by atoms with Gasteiger partial charge in [0.15, 0.2) is 5.76 Å². The molecule has 0 saturated carbocycles. The standard InChI is InChI=1S/C20H25NO3/c1-13(2)15-5-4-6-16(11-15)18-7-8-19(24-18)20(23)21-10-9-17(12-21)14(3)22/h4-8,11,13-14,17,22H,9-10,12H2,1-3H3. The number of hydrogen-bond acceptors (Lipinski definition) is 3. The van der Waals surface area contributed by atoms with Crippen LogP contribution in [-0.4, -0.2) is 35.1 Å². The van der Waals surface area contributed by atoms with Crippen molar-refractivity contribution in [3.8, 4) is 11.3 Å². The number of aliphatic hydroxyl groups excluding tert-OH is 1. The summed E-state index contributed by atoms with van der Waals surface area (Å²) in [6.45, 7) is 7.36. The second-order valence-corrected chi connectivity index (χ2v) is 6.98. The topological polar surface area (TPSA) is 53.7 Å². The Bertz CT molecular complexity index is 717. The van der Waals surface area contributed by atoms with Gasteiger partial charge in [-0.15, -0.1) is 0 Å². The van der Waals surface area contributed by atoms with Crippen LogP contribution >= 0.6 is 0 Å². The van der Waals surface area contributed by atoms with Crippen LogP contribution in [0.4, 0.5) is 0 Å². The number of rotatable bonds is 4. The molecule has 2 heterocycles. The molecule has 128 valence electrons. The van der Waals surface area contributed by atoms with Crippen molar-refractivity contribution in [1.82, 2.24) is 4.90 Å². The molecule has 1 aromatic carbocycles. The summed E-state index contributed by atoms with van der Waals surface area (Å²) in [6, 6.07) is 11.8. The van der Waals surface area contributed by atoms with E-state index < -0.39 is 0 Å². The van der Waals surface area contributed by atoms with Crippen molar-refractivity contribution in [2.24, 2.45) is 5.92 Å². The molecule has 0 radical (unpaired) electrons. The summed E-state index contributed by atoms with van der Waals surface area (Å²) in [4.78, 5) is 14.4. The van der Waals surface area contributed by atoms with Crippen LogP contribution in [0.15, 0.2) is 40.8 Å². The van der Waals surface area contributed by atoms with Gasteiger partial charge in [-0.05, 0) is 43.0 Å². The largest absolute Gasteiger partial charge is 0.451 e. The van der Waals surface area contributed by atoms with E-state index in [1.807, 2.05) is 18.2 Å².